The van der Waals surface area contributed by atoms with E-state index in [2.05, 4.69) is 9.72 Å². The van der Waals surface area contributed by atoms with Crippen molar-refractivity contribution in [3.05, 3.63) is 28.6 Å². The molecule has 1 aromatic heterocycles. The van der Waals surface area contributed by atoms with Gasteiger partial charge in [-0.1, -0.05) is 0 Å². The number of halogens is 5. The van der Waals surface area contributed by atoms with Crippen LogP contribution >= 0.6 is 0 Å². The van der Waals surface area contributed by atoms with E-state index in [-0.39, 0.29) is 0 Å². The fraction of sp³-hybridized carbons (Fsp3) is 0.364. The minimum Gasteiger partial charge on any atom is -0.469 e. The van der Waals surface area contributed by atoms with Gasteiger partial charge in [0.1, 0.15) is 11.8 Å². The summed E-state index contributed by atoms with van der Waals surface area (Å²) in [5, 5.41) is 8.64. The van der Waals surface area contributed by atoms with Gasteiger partial charge in [-0.25, -0.2) is 13.8 Å². The average Bonchev–Trinajstić information content (AvgIpc) is 2.36. The molecule has 1 rings (SSSR count). The van der Waals surface area contributed by atoms with E-state index >= 15 is 0 Å². The lowest BCUT2D eigenvalue weighted by atomic mass is 10.0. The first kappa shape index (κ1) is 15.8. The van der Waals surface area contributed by atoms with Gasteiger partial charge in [0.15, 0.2) is 0 Å². The van der Waals surface area contributed by atoms with E-state index in [9.17, 15) is 26.7 Å². The monoisotopic (exact) mass is 294 g/mol. The zero-order valence-electron chi connectivity index (χ0n) is 9.96. The van der Waals surface area contributed by atoms with Gasteiger partial charge in [-0.15, -0.1) is 0 Å². The summed E-state index contributed by atoms with van der Waals surface area (Å²) in [4.78, 5) is 14.3. The third kappa shape index (κ3) is 3.40. The molecular formula is C11H7F5N2O2. The topological polar surface area (TPSA) is 63.0 Å². The Hall–Kier alpha value is -2.24. The van der Waals surface area contributed by atoms with Gasteiger partial charge in [-0.05, 0) is 6.07 Å². The number of hydrogen-bond donors (Lipinski definition) is 0. The number of nitrogens with zero attached hydrogens (tertiary/aromatic N) is 2. The predicted octanol–water partition coefficient (Wildman–Crippen LogP) is 2.63. The van der Waals surface area contributed by atoms with Crippen molar-refractivity contribution in [2.45, 2.75) is 19.0 Å². The average molecular weight is 294 g/mol. The first-order valence-corrected chi connectivity index (χ1v) is 5.06. The number of esters is 1. The Labute approximate surface area is 109 Å². The van der Waals surface area contributed by atoms with Crippen molar-refractivity contribution in [3.8, 4) is 6.07 Å². The molecule has 0 aromatic carbocycles. The highest BCUT2D eigenvalue weighted by Gasteiger charge is 2.38. The lowest BCUT2D eigenvalue weighted by Crippen LogP contribution is -2.16. The molecule has 0 saturated carbocycles. The van der Waals surface area contributed by atoms with E-state index in [1.54, 1.807) is 0 Å². The van der Waals surface area contributed by atoms with Gasteiger partial charge >= 0.3 is 12.1 Å². The molecule has 0 atom stereocenters. The molecule has 20 heavy (non-hydrogen) atoms. The number of methoxy groups -OCH3 is 1. The van der Waals surface area contributed by atoms with Crippen LogP contribution < -0.4 is 0 Å². The van der Waals surface area contributed by atoms with Crippen LogP contribution in [-0.4, -0.2) is 18.1 Å². The lowest BCUT2D eigenvalue weighted by molar-refractivity contribution is -0.141. The molecule has 0 amide bonds. The van der Waals surface area contributed by atoms with Crippen LogP contribution in [-0.2, 0) is 22.1 Å². The van der Waals surface area contributed by atoms with Gasteiger partial charge in [-0.2, -0.15) is 18.4 Å². The van der Waals surface area contributed by atoms with E-state index in [0.717, 1.165) is 7.11 Å². The molecular weight excluding hydrogens is 287 g/mol. The largest absolute Gasteiger partial charge is 0.469 e. The van der Waals surface area contributed by atoms with Crippen LogP contribution in [0, 0.1) is 11.3 Å². The molecule has 0 N–H and O–H groups in total. The number of rotatable bonds is 3. The highest BCUT2D eigenvalue weighted by atomic mass is 19.4. The normalized spacial score (nSPS) is 11.3. The van der Waals surface area contributed by atoms with E-state index in [1.807, 2.05) is 0 Å². The minimum atomic E-state index is -5.09. The Morgan fingerprint density at radius 2 is 2.10 bits per heavy atom. The maximum atomic E-state index is 12.7. The first-order chi connectivity index (χ1) is 9.20. The molecule has 0 radical (unpaired) electrons. The molecule has 0 aliphatic heterocycles. The smallest absolute Gasteiger partial charge is 0.417 e. The zero-order valence-corrected chi connectivity index (χ0v) is 9.96. The summed E-state index contributed by atoms with van der Waals surface area (Å²) >= 11 is 0. The second kappa shape index (κ2) is 5.81. The van der Waals surface area contributed by atoms with E-state index < -0.39 is 47.5 Å². The standard InChI is InChI=1S/C11H7F5N2O2/c1-20-8(19)3-5-2-6(11(14,15)16)9(10(12)13)7(4-17)18-5/h2,10H,3H2,1H3. The summed E-state index contributed by atoms with van der Waals surface area (Å²) in [5.74, 6) is -0.903. The molecule has 9 heteroatoms. The minimum absolute atomic E-state index is 0.319. The van der Waals surface area contributed by atoms with E-state index in [4.69, 9.17) is 5.26 Å². The van der Waals surface area contributed by atoms with E-state index in [1.165, 1.54) is 6.07 Å². The van der Waals surface area contributed by atoms with Gasteiger partial charge in [0.2, 0.25) is 0 Å². The number of ether oxygens (including phenoxy) is 1. The molecule has 0 bridgehead atoms. The van der Waals surface area contributed by atoms with Crippen molar-refractivity contribution >= 4 is 5.97 Å². The number of carbonyl (C=O) groups is 1. The summed E-state index contributed by atoms with van der Waals surface area (Å²) in [6.45, 7) is 0. The third-order valence-electron chi connectivity index (χ3n) is 2.29. The van der Waals surface area contributed by atoms with Crippen LogP contribution in [0.2, 0.25) is 0 Å². The number of aromatic nitrogens is 1. The Morgan fingerprint density at radius 1 is 1.50 bits per heavy atom. The summed E-state index contributed by atoms with van der Waals surface area (Å²) < 4.78 is 67.8. The fourth-order valence-electron chi connectivity index (χ4n) is 1.46. The molecule has 0 saturated heterocycles. The molecule has 4 nitrogen and oxygen atoms in total. The number of hydrogen-bond acceptors (Lipinski definition) is 4. The molecule has 0 fully saturated rings. The first-order valence-electron chi connectivity index (χ1n) is 5.06. The van der Waals surface area contributed by atoms with Gasteiger partial charge in [-0.3, -0.25) is 4.79 Å². The summed E-state index contributed by atoms with van der Waals surface area (Å²) in [6.07, 6.45) is -9.26. The predicted molar refractivity (Wildman–Crippen MR) is 54.6 cm³/mol. The van der Waals surface area contributed by atoms with Gasteiger partial charge in [0.05, 0.1) is 30.4 Å². The van der Waals surface area contributed by atoms with Crippen molar-refractivity contribution in [3.63, 3.8) is 0 Å². The molecule has 108 valence electrons. The molecule has 0 aliphatic rings. The summed E-state index contributed by atoms with van der Waals surface area (Å²) in [5.41, 5.74) is -4.70. The van der Waals surface area contributed by atoms with Crippen molar-refractivity contribution in [1.82, 2.24) is 4.98 Å². The van der Waals surface area contributed by atoms with Crippen molar-refractivity contribution in [2.24, 2.45) is 0 Å². The quantitative estimate of drug-likeness (QED) is 0.635. The molecule has 0 aliphatic carbocycles. The Balaban J connectivity index is 3.49. The number of alkyl halides is 5. The number of nitriles is 1. The van der Waals surface area contributed by atoms with Crippen LogP contribution in [0.25, 0.3) is 0 Å². The zero-order chi connectivity index (χ0) is 15.5. The molecule has 1 heterocycles. The van der Waals surface area contributed by atoms with Crippen LogP contribution in [0.15, 0.2) is 6.07 Å². The SMILES string of the molecule is COC(=O)Cc1cc(C(F)(F)F)c(C(F)F)c(C#N)n1. The Bertz CT molecular complexity index is 563. The molecule has 0 spiro atoms. The second-order valence-electron chi connectivity index (χ2n) is 3.59. The summed E-state index contributed by atoms with van der Waals surface area (Å²) in [7, 11) is 1.01. The fourth-order valence-corrected chi connectivity index (χ4v) is 1.46. The van der Waals surface area contributed by atoms with Crippen molar-refractivity contribution in [2.75, 3.05) is 7.11 Å². The highest BCUT2D eigenvalue weighted by molar-refractivity contribution is 5.72. The van der Waals surface area contributed by atoms with Gasteiger partial charge in [0, 0.05) is 0 Å². The third-order valence-corrected chi connectivity index (χ3v) is 2.29. The Kier molecular flexibility index (Phi) is 4.60. The van der Waals surface area contributed by atoms with Crippen LogP contribution in [0.3, 0.4) is 0 Å². The van der Waals surface area contributed by atoms with Crippen molar-refractivity contribution < 1.29 is 31.5 Å². The second-order valence-corrected chi connectivity index (χ2v) is 3.59. The highest BCUT2D eigenvalue weighted by Crippen LogP contribution is 2.38. The Morgan fingerprint density at radius 3 is 2.50 bits per heavy atom. The van der Waals surface area contributed by atoms with E-state index in [0.29, 0.717) is 6.07 Å². The van der Waals surface area contributed by atoms with Crippen LogP contribution in [0.4, 0.5) is 22.0 Å². The maximum absolute atomic E-state index is 12.7. The van der Waals surface area contributed by atoms with Gasteiger partial charge in [0.25, 0.3) is 6.43 Å². The molecule has 0 unspecified atom stereocenters. The lowest BCUT2D eigenvalue weighted by Gasteiger charge is -2.14. The van der Waals surface area contributed by atoms with Gasteiger partial charge < -0.3 is 4.74 Å². The van der Waals surface area contributed by atoms with Crippen molar-refractivity contribution in [1.29, 1.82) is 5.26 Å². The number of carbonyl (C=O) groups excluding carboxylic acids is 1. The number of pyridine rings is 1. The maximum Gasteiger partial charge on any atom is 0.417 e. The van der Waals surface area contributed by atoms with Crippen LogP contribution in [0.5, 0.6) is 0 Å². The van der Waals surface area contributed by atoms with Crippen LogP contribution in [0.1, 0.15) is 28.9 Å². The summed E-state index contributed by atoms with van der Waals surface area (Å²) in [6, 6.07) is 1.50. The molecule has 1 aromatic rings.